The van der Waals surface area contributed by atoms with Crippen molar-refractivity contribution in [1.29, 1.82) is 0 Å². The Morgan fingerprint density at radius 2 is 1.88 bits per heavy atom. The van der Waals surface area contributed by atoms with E-state index in [1.54, 1.807) is 6.92 Å². The lowest BCUT2D eigenvalue weighted by molar-refractivity contribution is -0.274. The predicted octanol–water partition coefficient (Wildman–Crippen LogP) is 3.78. The smallest absolute Gasteiger partial charge is 0.480 e. The van der Waals surface area contributed by atoms with E-state index in [-0.39, 0.29) is 23.6 Å². The molecular weight excluding hydrogens is 355 g/mol. The van der Waals surface area contributed by atoms with Crippen molar-refractivity contribution in [3.63, 3.8) is 0 Å². The van der Waals surface area contributed by atoms with Crippen LogP contribution in [0.2, 0.25) is 0 Å². The van der Waals surface area contributed by atoms with Gasteiger partial charge in [0.2, 0.25) is 0 Å². The molecule has 0 saturated carbocycles. The number of para-hydroxylation sites is 1. The summed E-state index contributed by atoms with van der Waals surface area (Å²) in [6.45, 7) is 1.48. The van der Waals surface area contributed by atoms with Crippen LogP contribution in [0, 0.1) is 0 Å². The number of benzene rings is 1. The maximum absolute atomic E-state index is 12.5. The second-order valence-corrected chi connectivity index (χ2v) is 5.33. The number of alkyl halides is 3. The van der Waals surface area contributed by atoms with Crippen LogP contribution in [0.25, 0.3) is 11.3 Å². The van der Waals surface area contributed by atoms with Crippen molar-refractivity contribution in [2.75, 3.05) is 13.1 Å². The Bertz CT molecular complexity index is 785. The van der Waals surface area contributed by atoms with E-state index in [2.05, 4.69) is 4.74 Å². The van der Waals surface area contributed by atoms with Crippen LogP contribution in [0.3, 0.4) is 0 Å². The largest absolute Gasteiger partial charge is 0.573 e. The van der Waals surface area contributed by atoms with E-state index in [4.69, 9.17) is 9.52 Å². The highest BCUT2D eigenvalue weighted by atomic mass is 19.4. The minimum atomic E-state index is -4.87. The summed E-state index contributed by atoms with van der Waals surface area (Å²) in [7, 11) is 0. The maximum atomic E-state index is 12.5. The third kappa shape index (κ3) is 5.01. The van der Waals surface area contributed by atoms with Crippen LogP contribution in [-0.4, -0.2) is 41.3 Å². The number of amides is 1. The number of hydrogen-bond acceptors (Lipinski definition) is 4. The second-order valence-electron chi connectivity index (χ2n) is 5.33. The standard InChI is InChI=1S/C17H16F3NO5/c1-2-9-21(10-15(22)23)16(24)14-8-7-12(25-14)11-5-3-4-6-13(11)26-17(18,19)20/h3-8H,2,9-10H2,1H3,(H,22,23). The minimum Gasteiger partial charge on any atom is -0.480 e. The molecule has 0 unspecified atom stereocenters. The van der Waals surface area contributed by atoms with Crippen LogP contribution >= 0.6 is 0 Å². The number of carboxylic acid groups (broad SMARTS) is 1. The van der Waals surface area contributed by atoms with Crippen molar-refractivity contribution < 1.29 is 37.0 Å². The molecule has 0 radical (unpaired) electrons. The molecular formula is C17H16F3NO5. The molecule has 0 fully saturated rings. The zero-order chi connectivity index (χ0) is 19.3. The Kier molecular flexibility index (Phi) is 5.91. The molecule has 0 atom stereocenters. The number of nitrogens with zero attached hydrogens (tertiary/aromatic N) is 1. The molecule has 2 aromatic rings. The van der Waals surface area contributed by atoms with Crippen molar-refractivity contribution in [3.05, 3.63) is 42.2 Å². The molecule has 1 amide bonds. The Balaban J connectivity index is 2.30. The molecule has 0 bridgehead atoms. The van der Waals surface area contributed by atoms with E-state index < -0.39 is 30.5 Å². The summed E-state index contributed by atoms with van der Waals surface area (Å²) in [5.74, 6) is -2.47. The molecule has 26 heavy (non-hydrogen) atoms. The van der Waals surface area contributed by atoms with E-state index >= 15 is 0 Å². The second kappa shape index (κ2) is 7.94. The fraction of sp³-hybridized carbons (Fsp3) is 0.294. The lowest BCUT2D eigenvalue weighted by atomic mass is 10.1. The first-order chi connectivity index (χ1) is 12.2. The number of carbonyl (C=O) groups is 2. The number of aliphatic carboxylic acids is 1. The summed E-state index contributed by atoms with van der Waals surface area (Å²) in [6.07, 6.45) is -4.34. The molecule has 1 aromatic heterocycles. The van der Waals surface area contributed by atoms with Gasteiger partial charge in [0.1, 0.15) is 18.1 Å². The predicted molar refractivity (Wildman–Crippen MR) is 84.7 cm³/mol. The van der Waals surface area contributed by atoms with E-state index in [1.807, 2.05) is 0 Å². The number of rotatable bonds is 7. The number of hydrogen-bond donors (Lipinski definition) is 1. The number of halogens is 3. The zero-order valence-corrected chi connectivity index (χ0v) is 13.7. The quantitative estimate of drug-likeness (QED) is 0.801. The Morgan fingerprint density at radius 3 is 2.50 bits per heavy atom. The molecule has 1 aromatic carbocycles. The van der Waals surface area contributed by atoms with Gasteiger partial charge in [0, 0.05) is 6.54 Å². The van der Waals surface area contributed by atoms with E-state index in [1.165, 1.54) is 30.3 Å². The molecule has 0 saturated heterocycles. The number of ether oxygens (including phenoxy) is 1. The Hall–Kier alpha value is -2.97. The van der Waals surface area contributed by atoms with Crippen LogP contribution in [0.15, 0.2) is 40.8 Å². The molecule has 0 aliphatic carbocycles. The first kappa shape index (κ1) is 19.4. The van der Waals surface area contributed by atoms with Gasteiger partial charge < -0.3 is 19.2 Å². The van der Waals surface area contributed by atoms with Crippen molar-refractivity contribution in [1.82, 2.24) is 4.90 Å². The summed E-state index contributed by atoms with van der Waals surface area (Å²) in [5, 5.41) is 8.89. The van der Waals surface area contributed by atoms with Gasteiger partial charge in [-0.3, -0.25) is 9.59 Å². The number of carbonyl (C=O) groups excluding carboxylic acids is 1. The first-order valence-electron chi connectivity index (χ1n) is 7.67. The molecule has 1 N–H and O–H groups in total. The van der Waals surface area contributed by atoms with Crippen LogP contribution < -0.4 is 4.74 Å². The summed E-state index contributed by atoms with van der Waals surface area (Å²) >= 11 is 0. The van der Waals surface area contributed by atoms with Gasteiger partial charge in [0.15, 0.2) is 5.76 Å². The van der Waals surface area contributed by atoms with Crippen LogP contribution in [-0.2, 0) is 4.79 Å². The monoisotopic (exact) mass is 371 g/mol. The molecule has 140 valence electrons. The Labute approximate surface area is 146 Å². The summed E-state index contributed by atoms with van der Waals surface area (Å²) in [6, 6.07) is 7.96. The number of carboxylic acids is 1. The van der Waals surface area contributed by atoms with Gasteiger partial charge in [-0.1, -0.05) is 19.1 Å². The van der Waals surface area contributed by atoms with E-state index in [0.717, 1.165) is 11.0 Å². The number of furan rings is 1. The normalized spacial score (nSPS) is 11.2. The zero-order valence-electron chi connectivity index (χ0n) is 13.7. The average molecular weight is 371 g/mol. The van der Waals surface area contributed by atoms with Crippen LogP contribution in [0.5, 0.6) is 5.75 Å². The van der Waals surface area contributed by atoms with Crippen molar-refractivity contribution in [2.24, 2.45) is 0 Å². The SMILES string of the molecule is CCCN(CC(=O)O)C(=O)c1ccc(-c2ccccc2OC(F)(F)F)o1. The van der Waals surface area contributed by atoms with Crippen molar-refractivity contribution in [2.45, 2.75) is 19.7 Å². The summed E-state index contributed by atoms with van der Waals surface area (Å²) in [4.78, 5) is 24.3. The molecule has 6 nitrogen and oxygen atoms in total. The molecule has 9 heteroatoms. The summed E-state index contributed by atoms with van der Waals surface area (Å²) in [5.41, 5.74) is 0.0177. The van der Waals surface area contributed by atoms with Crippen molar-refractivity contribution >= 4 is 11.9 Å². The van der Waals surface area contributed by atoms with Gasteiger partial charge >= 0.3 is 12.3 Å². The van der Waals surface area contributed by atoms with Crippen molar-refractivity contribution in [3.8, 4) is 17.1 Å². The molecule has 0 aliphatic rings. The summed E-state index contributed by atoms with van der Waals surface area (Å²) < 4.78 is 46.9. The van der Waals surface area contributed by atoms with Crippen LogP contribution in [0.4, 0.5) is 13.2 Å². The maximum Gasteiger partial charge on any atom is 0.573 e. The third-order valence-electron chi connectivity index (χ3n) is 3.30. The fourth-order valence-electron chi connectivity index (χ4n) is 2.32. The molecule has 1 heterocycles. The molecule has 2 rings (SSSR count). The van der Waals surface area contributed by atoms with Gasteiger partial charge in [0.25, 0.3) is 5.91 Å². The highest BCUT2D eigenvalue weighted by Crippen LogP contribution is 2.34. The average Bonchev–Trinajstić information content (AvgIpc) is 3.02. The van der Waals surface area contributed by atoms with Gasteiger partial charge in [-0.25, -0.2) is 0 Å². The van der Waals surface area contributed by atoms with Crippen LogP contribution in [0.1, 0.15) is 23.9 Å². The van der Waals surface area contributed by atoms with Gasteiger partial charge in [-0.05, 0) is 30.7 Å². The van der Waals surface area contributed by atoms with Gasteiger partial charge in [-0.15, -0.1) is 13.2 Å². The highest BCUT2D eigenvalue weighted by molar-refractivity contribution is 5.94. The first-order valence-corrected chi connectivity index (χ1v) is 7.67. The fourth-order valence-corrected chi connectivity index (χ4v) is 2.32. The lowest BCUT2D eigenvalue weighted by Crippen LogP contribution is -2.36. The molecule has 0 aliphatic heterocycles. The topological polar surface area (TPSA) is 80.0 Å². The van der Waals surface area contributed by atoms with E-state index in [9.17, 15) is 22.8 Å². The third-order valence-corrected chi connectivity index (χ3v) is 3.30. The van der Waals surface area contributed by atoms with E-state index in [0.29, 0.717) is 6.42 Å². The van der Waals surface area contributed by atoms with Gasteiger partial charge in [0.05, 0.1) is 5.56 Å². The molecule has 0 spiro atoms. The minimum absolute atomic E-state index is 0.0000246. The Morgan fingerprint density at radius 1 is 1.19 bits per heavy atom. The van der Waals surface area contributed by atoms with Gasteiger partial charge in [-0.2, -0.15) is 0 Å². The lowest BCUT2D eigenvalue weighted by Gasteiger charge is -2.18. The highest BCUT2D eigenvalue weighted by Gasteiger charge is 2.32.